The number of thioether (sulfide) groups is 1. The Bertz CT molecular complexity index is 1290. The largest absolute Gasteiger partial charge is 0.325 e. The van der Waals surface area contributed by atoms with E-state index in [1.165, 1.54) is 11.8 Å². The summed E-state index contributed by atoms with van der Waals surface area (Å²) < 4.78 is 0. The Morgan fingerprint density at radius 3 is 2.52 bits per heavy atom. The highest BCUT2D eigenvalue weighted by atomic mass is 32.2. The van der Waals surface area contributed by atoms with Gasteiger partial charge in [0.2, 0.25) is 5.91 Å². The molecule has 0 aromatic heterocycles. The number of para-hydroxylation sites is 2. The quantitative estimate of drug-likeness (QED) is 0.613. The van der Waals surface area contributed by atoms with E-state index in [1.807, 2.05) is 90.7 Å². The smallest absolute Gasteiger partial charge is 0.271 e. The zero-order chi connectivity index (χ0) is 22.8. The lowest BCUT2D eigenvalue weighted by atomic mass is 10.0. The SMILES string of the molecule is Cc1ccccc1NC(=O)CSC1=Nc2ccccc2C2=NC(=O)C(Cc3ccccc3)N12. The summed E-state index contributed by atoms with van der Waals surface area (Å²) in [5.74, 6) is 0.460. The van der Waals surface area contributed by atoms with Gasteiger partial charge in [-0.3, -0.25) is 14.5 Å². The Hall–Kier alpha value is -3.71. The minimum Gasteiger partial charge on any atom is -0.325 e. The lowest BCUT2D eigenvalue weighted by Gasteiger charge is -2.31. The monoisotopic (exact) mass is 454 g/mol. The number of nitrogens with zero attached hydrogens (tertiary/aromatic N) is 3. The Morgan fingerprint density at radius 2 is 1.70 bits per heavy atom. The molecule has 3 aromatic carbocycles. The number of carbonyl (C=O) groups is 2. The number of nitrogens with one attached hydrogen (secondary N) is 1. The Labute approximate surface area is 196 Å². The fourth-order valence-corrected chi connectivity index (χ4v) is 4.82. The van der Waals surface area contributed by atoms with Crippen molar-refractivity contribution in [3.05, 3.63) is 95.6 Å². The van der Waals surface area contributed by atoms with Crippen molar-refractivity contribution in [1.82, 2.24) is 4.90 Å². The molecular formula is C26H22N4O2S. The Morgan fingerprint density at radius 1 is 0.970 bits per heavy atom. The van der Waals surface area contributed by atoms with Gasteiger partial charge in [-0.15, -0.1) is 0 Å². The fraction of sp³-hybridized carbons (Fsp3) is 0.154. The summed E-state index contributed by atoms with van der Waals surface area (Å²) in [5.41, 5.74) is 4.42. The number of benzene rings is 3. The molecule has 0 saturated heterocycles. The molecule has 33 heavy (non-hydrogen) atoms. The predicted octanol–water partition coefficient (Wildman–Crippen LogP) is 4.57. The maximum Gasteiger partial charge on any atom is 0.271 e. The van der Waals surface area contributed by atoms with Gasteiger partial charge in [-0.1, -0.05) is 72.4 Å². The zero-order valence-electron chi connectivity index (χ0n) is 18.1. The fourth-order valence-electron chi connectivity index (χ4n) is 3.97. The van der Waals surface area contributed by atoms with E-state index in [0.29, 0.717) is 17.4 Å². The van der Waals surface area contributed by atoms with Gasteiger partial charge in [0, 0.05) is 17.7 Å². The van der Waals surface area contributed by atoms with Crippen molar-refractivity contribution in [3.8, 4) is 0 Å². The molecule has 0 radical (unpaired) electrons. The molecule has 2 heterocycles. The number of aryl methyl sites for hydroxylation is 1. The summed E-state index contributed by atoms with van der Waals surface area (Å²) in [4.78, 5) is 36.7. The first-order chi connectivity index (χ1) is 16.1. The maximum atomic E-state index is 12.9. The van der Waals surface area contributed by atoms with Crippen molar-refractivity contribution >= 4 is 46.0 Å². The third kappa shape index (κ3) is 4.32. The molecule has 1 atom stereocenters. The molecule has 0 bridgehead atoms. The molecule has 3 aromatic rings. The summed E-state index contributed by atoms with van der Waals surface area (Å²) in [6, 6.07) is 24.7. The van der Waals surface area contributed by atoms with Crippen LogP contribution in [0.25, 0.3) is 0 Å². The Kier molecular flexibility index (Phi) is 5.79. The normalized spacial score (nSPS) is 16.6. The summed E-state index contributed by atoms with van der Waals surface area (Å²) in [6.45, 7) is 1.96. The van der Waals surface area contributed by atoms with Crippen LogP contribution in [0.3, 0.4) is 0 Å². The number of fused-ring (bicyclic) bond motifs is 3. The molecule has 0 spiro atoms. The van der Waals surface area contributed by atoms with Gasteiger partial charge in [0.25, 0.3) is 5.91 Å². The van der Waals surface area contributed by atoms with Gasteiger partial charge < -0.3 is 5.32 Å². The number of hydrogen-bond donors (Lipinski definition) is 1. The van der Waals surface area contributed by atoms with E-state index in [-0.39, 0.29) is 17.6 Å². The van der Waals surface area contributed by atoms with Gasteiger partial charge in [-0.05, 0) is 36.2 Å². The van der Waals surface area contributed by atoms with E-state index < -0.39 is 6.04 Å². The summed E-state index contributed by atoms with van der Waals surface area (Å²) >= 11 is 1.32. The van der Waals surface area contributed by atoms with Gasteiger partial charge in [0.05, 0.1) is 11.4 Å². The van der Waals surface area contributed by atoms with Crippen LogP contribution in [-0.2, 0) is 16.0 Å². The van der Waals surface area contributed by atoms with Crippen LogP contribution in [-0.4, -0.2) is 39.5 Å². The topological polar surface area (TPSA) is 74.1 Å². The first-order valence-corrected chi connectivity index (χ1v) is 11.7. The van der Waals surface area contributed by atoms with Crippen LogP contribution < -0.4 is 5.32 Å². The number of hydrogen-bond acceptors (Lipinski definition) is 5. The molecule has 7 heteroatoms. The number of amides is 2. The van der Waals surface area contributed by atoms with E-state index in [1.54, 1.807) is 0 Å². The first-order valence-electron chi connectivity index (χ1n) is 10.7. The van der Waals surface area contributed by atoms with Gasteiger partial charge in [0.1, 0.15) is 11.9 Å². The van der Waals surface area contributed by atoms with Gasteiger partial charge in [0.15, 0.2) is 5.17 Å². The van der Waals surface area contributed by atoms with Crippen LogP contribution in [0, 0.1) is 6.92 Å². The summed E-state index contributed by atoms with van der Waals surface area (Å²) in [5, 5.41) is 3.57. The molecule has 6 nitrogen and oxygen atoms in total. The number of rotatable bonds is 5. The predicted molar refractivity (Wildman–Crippen MR) is 133 cm³/mol. The van der Waals surface area contributed by atoms with Crippen molar-refractivity contribution in [1.29, 1.82) is 0 Å². The van der Waals surface area contributed by atoms with Crippen LogP contribution in [0.15, 0.2) is 88.8 Å². The van der Waals surface area contributed by atoms with Crippen LogP contribution in [0.2, 0.25) is 0 Å². The maximum absolute atomic E-state index is 12.9. The van der Waals surface area contributed by atoms with Crippen molar-refractivity contribution in [2.75, 3.05) is 11.1 Å². The van der Waals surface area contributed by atoms with E-state index in [0.717, 1.165) is 28.1 Å². The number of anilines is 1. The van der Waals surface area contributed by atoms with Crippen LogP contribution in [0.1, 0.15) is 16.7 Å². The number of aliphatic imine (C=N–C) groups is 2. The van der Waals surface area contributed by atoms with E-state index in [2.05, 4.69) is 10.3 Å². The molecule has 1 N–H and O–H groups in total. The van der Waals surface area contributed by atoms with Gasteiger partial charge in [-0.2, -0.15) is 4.99 Å². The van der Waals surface area contributed by atoms with Gasteiger partial charge >= 0.3 is 0 Å². The van der Waals surface area contributed by atoms with E-state index in [9.17, 15) is 9.59 Å². The second kappa shape index (κ2) is 9.03. The molecule has 5 rings (SSSR count). The van der Waals surface area contributed by atoms with E-state index in [4.69, 9.17) is 4.99 Å². The number of carbonyl (C=O) groups excluding carboxylic acids is 2. The average molecular weight is 455 g/mol. The van der Waals surface area contributed by atoms with Crippen LogP contribution in [0.5, 0.6) is 0 Å². The minimum atomic E-state index is -0.485. The van der Waals surface area contributed by atoms with Crippen molar-refractivity contribution in [2.45, 2.75) is 19.4 Å². The third-order valence-electron chi connectivity index (χ3n) is 5.63. The molecule has 0 fully saturated rings. The highest BCUT2D eigenvalue weighted by molar-refractivity contribution is 8.14. The van der Waals surface area contributed by atoms with Crippen molar-refractivity contribution in [2.24, 2.45) is 9.98 Å². The second-order valence-corrected chi connectivity index (χ2v) is 8.85. The van der Waals surface area contributed by atoms with E-state index >= 15 is 0 Å². The molecule has 0 saturated carbocycles. The average Bonchev–Trinajstić information content (AvgIpc) is 3.16. The molecule has 2 amide bonds. The molecular weight excluding hydrogens is 432 g/mol. The zero-order valence-corrected chi connectivity index (χ0v) is 18.9. The third-order valence-corrected chi connectivity index (χ3v) is 6.58. The molecule has 1 unspecified atom stereocenters. The molecule has 164 valence electrons. The van der Waals surface area contributed by atoms with Crippen LogP contribution in [0.4, 0.5) is 11.4 Å². The molecule has 2 aliphatic heterocycles. The molecule has 2 aliphatic rings. The lowest BCUT2D eigenvalue weighted by Crippen LogP contribution is -2.45. The highest BCUT2D eigenvalue weighted by Gasteiger charge is 2.41. The minimum absolute atomic E-state index is 0.125. The Balaban J connectivity index is 1.40. The summed E-state index contributed by atoms with van der Waals surface area (Å²) in [7, 11) is 0. The van der Waals surface area contributed by atoms with Crippen molar-refractivity contribution < 1.29 is 9.59 Å². The number of amidine groups is 2. The first kappa shape index (κ1) is 21.2. The highest BCUT2D eigenvalue weighted by Crippen LogP contribution is 2.35. The summed E-state index contributed by atoms with van der Waals surface area (Å²) in [6.07, 6.45) is 0.518. The lowest BCUT2D eigenvalue weighted by molar-refractivity contribution is -0.119. The van der Waals surface area contributed by atoms with Gasteiger partial charge in [-0.25, -0.2) is 4.99 Å². The van der Waals surface area contributed by atoms with Crippen molar-refractivity contribution in [3.63, 3.8) is 0 Å². The second-order valence-electron chi connectivity index (χ2n) is 7.91. The van der Waals surface area contributed by atoms with Crippen LogP contribution >= 0.6 is 11.8 Å². The molecule has 0 aliphatic carbocycles. The standard InChI is InChI=1S/C26H22N4O2S/c1-17-9-5-7-13-20(17)27-23(31)16-33-26-28-21-14-8-6-12-19(21)24-29-25(32)22(30(24)26)15-18-10-3-2-4-11-18/h2-14,22H,15-16H2,1H3,(H,27,31).